The molecule has 5 nitrogen and oxygen atoms in total. The zero-order valence-electron chi connectivity index (χ0n) is 12.9. The van der Waals surface area contributed by atoms with Crippen LogP contribution in [0.15, 0.2) is 36.5 Å². The van der Waals surface area contributed by atoms with E-state index in [-0.39, 0.29) is 30.0 Å². The zero-order chi connectivity index (χ0) is 16.9. The molecule has 0 saturated carbocycles. The third-order valence-electron chi connectivity index (χ3n) is 3.84. The van der Waals surface area contributed by atoms with Gasteiger partial charge in [-0.2, -0.15) is 0 Å². The van der Waals surface area contributed by atoms with Gasteiger partial charge < -0.3 is 15.4 Å². The molecule has 24 heavy (non-hydrogen) atoms. The molecule has 1 aromatic carbocycles. The number of amides is 1. The van der Waals surface area contributed by atoms with Crippen molar-refractivity contribution in [1.82, 2.24) is 15.6 Å². The second-order valence-corrected chi connectivity index (χ2v) is 5.55. The van der Waals surface area contributed by atoms with Crippen LogP contribution in [-0.4, -0.2) is 24.0 Å². The Kier molecular flexibility index (Phi) is 5.00. The van der Waals surface area contributed by atoms with Crippen molar-refractivity contribution >= 4 is 5.91 Å². The number of ether oxygens (including phenoxy) is 1. The zero-order valence-corrected chi connectivity index (χ0v) is 12.9. The predicted molar refractivity (Wildman–Crippen MR) is 83.5 cm³/mol. The van der Waals surface area contributed by atoms with Gasteiger partial charge in [0.1, 0.15) is 5.75 Å². The highest BCUT2D eigenvalue weighted by Gasteiger charge is 2.22. The predicted octanol–water partition coefficient (Wildman–Crippen LogP) is 2.38. The van der Waals surface area contributed by atoms with E-state index in [4.69, 9.17) is 4.74 Å². The molecule has 3 rings (SSSR count). The lowest BCUT2D eigenvalue weighted by Crippen LogP contribution is -2.31. The molecule has 7 heteroatoms. The highest BCUT2D eigenvalue weighted by molar-refractivity contribution is 5.79. The Hall–Kier alpha value is -2.54. The van der Waals surface area contributed by atoms with Crippen LogP contribution in [0.25, 0.3) is 0 Å². The highest BCUT2D eigenvalue weighted by atomic mass is 19.2. The number of pyridine rings is 1. The SMILES string of the molecule is O=C(NCc1cccnc1Oc1ccc(F)c(F)c1)C1CCNC1. The van der Waals surface area contributed by atoms with Crippen molar-refractivity contribution < 1.29 is 18.3 Å². The average Bonchev–Trinajstić information content (AvgIpc) is 3.12. The summed E-state index contributed by atoms with van der Waals surface area (Å²) in [6.45, 7) is 1.77. The number of rotatable bonds is 5. The quantitative estimate of drug-likeness (QED) is 0.882. The van der Waals surface area contributed by atoms with Crippen LogP contribution in [0.4, 0.5) is 8.78 Å². The van der Waals surface area contributed by atoms with E-state index in [0.29, 0.717) is 12.1 Å². The summed E-state index contributed by atoms with van der Waals surface area (Å²) in [4.78, 5) is 16.2. The molecule has 1 amide bonds. The summed E-state index contributed by atoms with van der Waals surface area (Å²) in [5.74, 6) is -1.61. The van der Waals surface area contributed by atoms with Crippen molar-refractivity contribution in [3.63, 3.8) is 0 Å². The highest BCUT2D eigenvalue weighted by Crippen LogP contribution is 2.24. The summed E-state index contributed by atoms with van der Waals surface area (Å²) in [6, 6.07) is 6.74. The van der Waals surface area contributed by atoms with E-state index in [0.717, 1.165) is 25.1 Å². The summed E-state index contributed by atoms with van der Waals surface area (Å²) in [5, 5.41) is 6.00. The Balaban J connectivity index is 1.68. The van der Waals surface area contributed by atoms with Gasteiger partial charge >= 0.3 is 0 Å². The van der Waals surface area contributed by atoms with Crippen LogP contribution in [0.2, 0.25) is 0 Å². The number of nitrogens with zero attached hydrogens (tertiary/aromatic N) is 1. The molecule has 2 heterocycles. The molecule has 2 N–H and O–H groups in total. The van der Waals surface area contributed by atoms with E-state index in [1.807, 2.05) is 0 Å². The van der Waals surface area contributed by atoms with Gasteiger partial charge in [-0.1, -0.05) is 6.07 Å². The maximum Gasteiger partial charge on any atom is 0.224 e. The van der Waals surface area contributed by atoms with Crippen molar-refractivity contribution in [2.24, 2.45) is 5.92 Å². The van der Waals surface area contributed by atoms with E-state index < -0.39 is 11.6 Å². The van der Waals surface area contributed by atoms with Crippen LogP contribution >= 0.6 is 0 Å². The van der Waals surface area contributed by atoms with Crippen molar-refractivity contribution in [1.29, 1.82) is 0 Å². The first-order chi connectivity index (χ1) is 11.6. The van der Waals surface area contributed by atoms with Gasteiger partial charge in [0, 0.05) is 30.9 Å². The van der Waals surface area contributed by atoms with Crippen LogP contribution in [0.1, 0.15) is 12.0 Å². The molecule has 1 fully saturated rings. The Morgan fingerprint density at radius 3 is 2.96 bits per heavy atom. The van der Waals surface area contributed by atoms with Crippen molar-refractivity contribution in [2.75, 3.05) is 13.1 Å². The van der Waals surface area contributed by atoms with Gasteiger partial charge in [-0.15, -0.1) is 0 Å². The maximum absolute atomic E-state index is 13.3. The molecule has 1 saturated heterocycles. The minimum atomic E-state index is -0.994. The van der Waals surface area contributed by atoms with Gasteiger partial charge in [-0.25, -0.2) is 13.8 Å². The van der Waals surface area contributed by atoms with E-state index in [2.05, 4.69) is 15.6 Å². The smallest absolute Gasteiger partial charge is 0.224 e. The monoisotopic (exact) mass is 333 g/mol. The minimum Gasteiger partial charge on any atom is -0.439 e. The average molecular weight is 333 g/mol. The molecular weight excluding hydrogens is 316 g/mol. The van der Waals surface area contributed by atoms with E-state index in [1.54, 1.807) is 12.1 Å². The number of carbonyl (C=O) groups excluding carboxylic acids is 1. The van der Waals surface area contributed by atoms with Gasteiger partial charge in [-0.3, -0.25) is 4.79 Å². The number of carbonyl (C=O) groups is 1. The van der Waals surface area contributed by atoms with Gasteiger partial charge in [0.05, 0.1) is 5.92 Å². The molecule has 1 aromatic heterocycles. The molecule has 0 bridgehead atoms. The van der Waals surface area contributed by atoms with Crippen LogP contribution in [0.5, 0.6) is 11.6 Å². The molecule has 1 aliphatic rings. The minimum absolute atomic E-state index is 0.0253. The summed E-state index contributed by atoms with van der Waals surface area (Å²) in [5.41, 5.74) is 0.654. The number of hydrogen-bond acceptors (Lipinski definition) is 4. The molecule has 2 aromatic rings. The summed E-state index contributed by atoms with van der Waals surface area (Å²) >= 11 is 0. The molecular formula is C17H17F2N3O2. The molecule has 0 aliphatic carbocycles. The van der Waals surface area contributed by atoms with Gasteiger partial charge in [0.2, 0.25) is 11.8 Å². The standard InChI is InChI=1S/C17H17F2N3O2/c18-14-4-3-13(8-15(14)19)24-17-12(2-1-6-21-17)10-22-16(23)11-5-7-20-9-11/h1-4,6,8,11,20H,5,7,9-10H2,(H,22,23). The number of benzene rings is 1. The van der Waals surface area contributed by atoms with Crippen molar-refractivity contribution in [3.8, 4) is 11.6 Å². The van der Waals surface area contributed by atoms with Crippen LogP contribution in [0.3, 0.4) is 0 Å². The Bertz CT molecular complexity index is 734. The van der Waals surface area contributed by atoms with Crippen LogP contribution in [0, 0.1) is 17.6 Å². The van der Waals surface area contributed by atoms with Crippen molar-refractivity contribution in [3.05, 3.63) is 53.7 Å². The second kappa shape index (κ2) is 7.35. The molecule has 1 atom stereocenters. The lowest BCUT2D eigenvalue weighted by Gasteiger charge is -2.13. The van der Waals surface area contributed by atoms with Gasteiger partial charge in [0.25, 0.3) is 0 Å². The summed E-state index contributed by atoms with van der Waals surface area (Å²) in [6.07, 6.45) is 2.35. The van der Waals surface area contributed by atoms with E-state index >= 15 is 0 Å². The Morgan fingerprint density at radius 2 is 2.21 bits per heavy atom. The largest absolute Gasteiger partial charge is 0.439 e. The molecule has 0 radical (unpaired) electrons. The summed E-state index contributed by atoms with van der Waals surface area (Å²) in [7, 11) is 0. The first-order valence-electron chi connectivity index (χ1n) is 7.68. The second-order valence-electron chi connectivity index (χ2n) is 5.55. The van der Waals surface area contributed by atoms with E-state index in [1.165, 1.54) is 12.3 Å². The Morgan fingerprint density at radius 1 is 1.33 bits per heavy atom. The fourth-order valence-electron chi connectivity index (χ4n) is 2.51. The first kappa shape index (κ1) is 16.3. The van der Waals surface area contributed by atoms with Gasteiger partial charge in [0.15, 0.2) is 11.6 Å². The lowest BCUT2D eigenvalue weighted by molar-refractivity contribution is -0.124. The van der Waals surface area contributed by atoms with Crippen LogP contribution in [-0.2, 0) is 11.3 Å². The van der Waals surface area contributed by atoms with Crippen molar-refractivity contribution in [2.45, 2.75) is 13.0 Å². The molecule has 0 spiro atoms. The molecule has 126 valence electrons. The summed E-state index contributed by atoms with van der Waals surface area (Å²) < 4.78 is 31.8. The number of nitrogens with one attached hydrogen (secondary N) is 2. The molecule has 1 aliphatic heterocycles. The fraction of sp³-hybridized carbons (Fsp3) is 0.294. The Labute approximate surface area is 138 Å². The first-order valence-corrected chi connectivity index (χ1v) is 7.68. The third kappa shape index (κ3) is 3.86. The number of aromatic nitrogens is 1. The topological polar surface area (TPSA) is 63.2 Å². The molecule has 1 unspecified atom stereocenters. The lowest BCUT2D eigenvalue weighted by atomic mass is 10.1. The van der Waals surface area contributed by atoms with Gasteiger partial charge in [-0.05, 0) is 31.2 Å². The maximum atomic E-state index is 13.3. The third-order valence-corrected chi connectivity index (χ3v) is 3.84. The van der Waals surface area contributed by atoms with E-state index in [9.17, 15) is 13.6 Å². The number of hydrogen-bond donors (Lipinski definition) is 2. The number of halogens is 2. The normalized spacial score (nSPS) is 16.8. The fourth-order valence-corrected chi connectivity index (χ4v) is 2.51. The van der Waals surface area contributed by atoms with Crippen LogP contribution < -0.4 is 15.4 Å².